The summed E-state index contributed by atoms with van der Waals surface area (Å²) in [5.74, 6) is -0.0354. The summed E-state index contributed by atoms with van der Waals surface area (Å²) in [4.78, 5) is 25.5. The summed E-state index contributed by atoms with van der Waals surface area (Å²) in [5, 5.41) is 2.84. The average Bonchev–Trinajstić information content (AvgIpc) is 2.95. The van der Waals surface area contributed by atoms with E-state index in [0.29, 0.717) is 42.2 Å². The highest BCUT2D eigenvalue weighted by molar-refractivity contribution is 6.32. The summed E-state index contributed by atoms with van der Waals surface area (Å²) in [6, 6.07) is 8.92. The number of urea groups is 1. The van der Waals surface area contributed by atoms with Crippen LogP contribution in [0.5, 0.6) is 11.5 Å². The molecule has 1 fully saturated rings. The highest BCUT2D eigenvalue weighted by Crippen LogP contribution is 2.38. The molecule has 0 radical (unpaired) electrons. The Morgan fingerprint density at radius 2 is 1.97 bits per heavy atom. The first-order valence-corrected chi connectivity index (χ1v) is 9.98. The lowest BCUT2D eigenvalue weighted by molar-refractivity contribution is -0.122. The fourth-order valence-electron chi connectivity index (χ4n) is 3.02. The molecule has 1 heterocycles. The van der Waals surface area contributed by atoms with Gasteiger partial charge < -0.3 is 14.8 Å². The Labute approximate surface area is 179 Å². The van der Waals surface area contributed by atoms with E-state index in [1.54, 1.807) is 30.3 Å². The molecule has 8 heteroatoms. The number of carbonyl (C=O) groups is 2. The minimum absolute atomic E-state index is 0.110. The van der Waals surface area contributed by atoms with Crippen molar-refractivity contribution in [2.24, 2.45) is 0 Å². The number of rotatable bonds is 8. The fraction of sp³-hybridized carbons (Fsp3) is 0.273. The van der Waals surface area contributed by atoms with Crippen molar-refractivity contribution in [1.29, 1.82) is 0 Å². The van der Waals surface area contributed by atoms with Gasteiger partial charge in [-0.25, -0.2) is 9.18 Å². The highest BCUT2D eigenvalue weighted by Gasteiger charge is 2.32. The quantitative estimate of drug-likeness (QED) is 0.482. The van der Waals surface area contributed by atoms with E-state index in [1.165, 1.54) is 12.1 Å². The number of halogens is 2. The van der Waals surface area contributed by atoms with Gasteiger partial charge >= 0.3 is 6.03 Å². The zero-order valence-corrected chi connectivity index (χ0v) is 17.5. The van der Waals surface area contributed by atoms with Crippen LogP contribution in [-0.4, -0.2) is 30.0 Å². The van der Waals surface area contributed by atoms with Gasteiger partial charge in [-0.1, -0.05) is 30.7 Å². The maximum absolute atomic E-state index is 13.4. The van der Waals surface area contributed by atoms with Crippen LogP contribution in [0.4, 0.5) is 9.18 Å². The molecule has 1 saturated heterocycles. The van der Waals surface area contributed by atoms with Crippen LogP contribution in [0.15, 0.2) is 42.1 Å². The molecule has 0 atom stereocenters. The van der Waals surface area contributed by atoms with Crippen LogP contribution in [-0.2, 0) is 11.4 Å². The molecular weight excluding hydrogens is 411 g/mol. The van der Waals surface area contributed by atoms with Crippen LogP contribution in [0.2, 0.25) is 5.02 Å². The standard InChI is InChI=1S/C22H22ClFN2O4/c1-3-8-26-21(27)18(25-22(26)28)11-15-10-17(23)20(19(12-15)29-4-2)30-13-14-6-5-7-16(24)9-14/h5-7,9-12H,3-4,8,13H2,1-2H3,(H,25,28)/b18-11+. The van der Waals surface area contributed by atoms with Gasteiger partial charge in [0.05, 0.1) is 11.6 Å². The zero-order valence-electron chi connectivity index (χ0n) is 16.7. The third-order valence-corrected chi connectivity index (χ3v) is 4.61. The molecule has 2 aromatic carbocycles. The minimum Gasteiger partial charge on any atom is -0.490 e. The first-order chi connectivity index (χ1) is 14.4. The zero-order chi connectivity index (χ0) is 21.7. The van der Waals surface area contributed by atoms with E-state index in [9.17, 15) is 14.0 Å². The van der Waals surface area contributed by atoms with Gasteiger partial charge in [0.25, 0.3) is 5.91 Å². The van der Waals surface area contributed by atoms with Crippen LogP contribution < -0.4 is 14.8 Å². The van der Waals surface area contributed by atoms with Crippen LogP contribution in [0.3, 0.4) is 0 Å². The number of benzene rings is 2. The number of hydrogen-bond acceptors (Lipinski definition) is 4. The Morgan fingerprint density at radius 1 is 1.17 bits per heavy atom. The van der Waals surface area contributed by atoms with Crippen molar-refractivity contribution in [2.75, 3.05) is 13.2 Å². The molecule has 3 rings (SSSR count). The van der Waals surface area contributed by atoms with Crippen molar-refractivity contribution in [3.8, 4) is 11.5 Å². The molecule has 0 bridgehead atoms. The van der Waals surface area contributed by atoms with E-state index in [0.717, 1.165) is 4.90 Å². The lowest BCUT2D eigenvalue weighted by Crippen LogP contribution is -2.31. The summed E-state index contributed by atoms with van der Waals surface area (Å²) in [6.45, 7) is 4.53. The van der Waals surface area contributed by atoms with E-state index in [-0.39, 0.29) is 29.1 Å². The molecule has 6 nitrogen and oxygen atoms in total. The summed E-state index contributed by atoms with van der Waals surface area (Å²) < 4.78 is 24.8. The monoisotopic (exact) mass is 432 g/mol. The first-order valence-electron chi connectivity index (χ1n) is 9.61. The molecule has 2 aromatic rings. The fourth-order valence-corrected chi connectivity index (χ4v) is 3.30. The van der Waals surface area contributed by atoms with Crippen molar-refractivity contribution in [3.05, 3.63) is 64.1 Å². The van der Waals surface area contributed by atoms with Gasteiger partial charge in [-0.3, -0.25) is 9.69 Å². The Bertz CT molecular complexity index is 993. The minimum atomic E-state index is -0.445. The second-order valence-corrected chi connectivity index (χ2v) is 7.03. The smallest absolute Gasteiger partial charge is 0.329 e. The maximum atomic E-state index is 13.4. The topological polar surface area (TPSA) is 67.9 Å². The van der Waals surface area contributed by atoms with Gasteiger partial charge in [-0.15, -0.1) is 0 Å². The molecule has 30 heavy (non-hydrogen) atoms. The lowest BCUT2D eigenvalue weighted by atomic mass is 10.1. The molecular formula is C22H22ClFN2O4. The number of imide groups is 1. The second-order valence-electron chi connectivity index (χ2n) is 6.63. The summed E-state index contributed by atoms with van der Waals surface area (Å²) in [5.41, 5.74) is 1.39. The van der Waals surface area contributed by atoms with Gasteiger partial charge in [0.1, 0.15) is 18.1 Å². The van der Waals surface area contributed by atoms with Gasteiger partial charge in [0, 0.05) is 6.54 Å². The lowest BCUT2D eigenvalue weighted by Gasteiger charge is -2.15. The van der Waals surface area contributed by atoms with Crippen molar-refractivity contribution >= 4 is 29.6 Å². The van der Waals surface area contributed by atoms with Crippen LogP contribution >= 0.6 is 11.6 Å². The van der Waals surface area contributed by atoms with E-state index < -0.39 is 6.03 Å². The van der Waals surface area contributed by atoms with E-state index >= 15 is 0 Å². The van der Waals surface area contributed by atoms with Crippen molar-refractivity contribution in [1.82, 2.24) is 10.2 Å². The van der Waals surface area contributed by atoms with Gasteiger partial charge in [-0.2, -0.15) is 0 Å². The van der Waals surface area contributed by atoms with E-state index in [1.807, 2.05) is 13.8 Å². The molecule has 158 valence electrons. The summed E-state index contributed by atoms with van der Waals surface area (Å²) >= 11 is 6.41. The normalized spacial score (nSPS) is 14.9. The molecule has 1 aliphatic heterocycles. The Balaban J connectivity index is 1.86. The maximum Gasteiger partial charge on any atom is 0.329 e. The van der Waals surface area contributed by atoms with E-state index in [4.69, 9.17) is 21.1 Å². The van der Waals surface area contributed by atoms with Gasteiger partial charge in [0.15, 0.2) is 11.5 Å². The number of nitrogens with one attached hydrogen (secondary N) is 1. The molecule has 3 amide bonds. The third kappa shape index (κ3) is 4.91. The van der Waals surface area contributed by atoms with Gasteiger partial charge in [0.2, 0.25) is 0 Å². The summed E-state index contributed by atoms with van der Waals surface area (Å²) in [7, 11) is 0. The number of amides is 3. The Morgan fingerprint density at radius 3 is 2.67 bits per heavy atom. The third-order valence-electron chi connectivity index (χ3n) is 4.32. The largest absolute Gasteiger partial charge is 0.490 e. The Kier molecular flexibility index (Phi) is 6.95. The molecule has 1 N–H and O–H groups in total. The highest BCUT2D eigenvalue weighted by atomic mass is 35.5. The van der Waals surface area contributed by atoms with Gasteiger partial charge in [-0.05, 0) is 54.8 Å². The Hall–Kier alpha value is -3.06. The molecule has 0 saturated carbocycles. The number of carbonyl (C=O) groups excluding carboxylic acids is 2. The number of ether oxygens (including phenoxy) is 2. The van der Waals surface area contributed by atoms with Crippen molar-refractivity contribution < 1.29 is 23.5 Å². The van der Waals surface area contributed by atoms with E-state index in [2.05, 4.69) is 5.32 Å². The van der Waals surface area contributed by atoms with Crippen LogP contribution in [0, 0.1) is 5.82 Å². The molecule has 1 aliphatic rings. The SMILES string of the molecule is CCCN1C(=O)N/C(=C/c2cc(Cl)c(OCc3cccc(F)c3)c(OCC)c2)C1=O. The van der Waals surface area contributed by atoms with Crippen molar-refractivity contribution in [3.63, 3.8) is 0 Å². The summed E-state index contributed by atoms with van der Waals surface area (Å²) in [6.07, 6.45) is 2.21. The second kappa shape index (κ2) is 9.63. The number of nitrogens with zero attached hydrogens (tertiary/aromatic N) is 1. The molecule has 0 spiro atoms. The van der Waals surface area contributed by atoms with Crippen LogP contribution in [0.25, 0.3) is 6.08 Å². The molecule has 0 aliphatic carbocycles. The molecule has 0 aromatic heterocycles. The molecule has 0 unspecified atom stereocenters. The predicted octanol–water partition coefficient (Wildman–Crippen LogP) is 4.76. The van der Waals surface area contributed by atoms with Crippen molar-refractivity contribution in [2.45, 2.75) is 26.9 Å². The number of hydrogen-bond donors (Lipinski definition) is 1. The van der Waals surface area contributed by atoms with Crippen LogP contribution in [0.1, 0.15) is 31.4 Å². The average molecular weight is 433 g/mol. The first kappa shape index (κ1) is 21.6. The predicted molar refractivity (Wildman–Crippen MR) is 112 cm³/mol.